The van der Waals surface area contributed by atoms with Gasteiger partial charge in [0, 0.05) is 65.5 Å². The molecule has 0 fully saturated rings. The van der Waals surface area contributed by atoms with Gasteiger partial charge in [0.05, 0.1) is 12.2 Å². The van der Waals surface area contributed by atoms with E-state index in [4.69, 9.17) is 9.47 Å². The second-order valence-corrected chi connectivity index (χ2v) is 9.36. The summed E-state index contributed by atoms with van der Waals surface area (Å²) in [6.07, 6.45) is -0.672. The summed E-state index contributed by atoms with van der Waals surface area (Å²) in [5.41, 5.74) is 6.42. The van der Waals surface area contributed by atoms with Crippen LogP contribution in [0, 0.1) is 11.6 Å². The summed E-state index contributed by atoms with van der Waals surface area (Å²) in [4.78, 5) is 24.5. The Balaban J connectivity index is 1.69. The van der Waals surface area contributed by atoms with Crippen LogP contribution in [-0.4, -0.2) is 34.4 Å². The summed E-state index contributed by atoms with van der Waals surface area (Å²) in [7, 11) is 2.01. The second-order valence-electron chi connectivity index (χ2n) is 9.36. The number of para-hydroxylation sites is 1. The standard InChI is InChI=1S/C29H30F2N4O4/c1-4-32-28(36)38-15-20-21(16-39-29(37)33-5-2)27(17-10-11-22(30)23(31)12-17)35-14-26-19(13-25(20)35)18-8-6-7-9-24(18)34(26)3/h6-12H,4-5,13-16H2,1-3H3,(H,32,36)(H,33,37). The Hall–Kier alpha value is -4.34. The maximum atomic E-state index is 14.5. The van der Waals surface area contributed by atoms with Crippen LogP contribution in [0.4, 0.5) is 18.4 Å². The highest BCUT2D eigenvalue weighted by atomic mass is 19.2. The molecule has 5 rings (SSSR count). The Morgan fingerprint density at radius 3 is 2.23 bits per heavy atom. The molecule has 0 radical (unpaired) electrons. The van der Waals surface area contributed by atoms with E-state index in [1.165, 1.54) is 6.07 Å². The number of nitrogens with zero attached hydrogens (tertiary/aromatic N) is 2. The van der Waals surface area contributed by atoms with E-state index < -0.39 is 23.8 Å². The van der Waals surface area contributed by atoms with Crippen molar-refractivity contribution in [3.63, 3.8) is 0 Å². The Morgan fingerprint density at radius 1 is 0.897 bits per heavy atom. The number of nitrogens with one attached hydrogen (secondary N) is 2. The summed E-state index contributed by atoms with van der Waals surface area (Å²) in [5, 5.41) is 6.34. The summed E-state index contributed by atoms with van der Waals surface area (Å²) in [6.45, 7) is 4.56. The number of rotatable bonds is 7. The van der Waals surface area contributed by atoms with Crippen LogP contribution in [0.25, 0.3) is 22.2 Å². The fourth-order valence-electron chi connectivity index (χ4n) is 5.36. The first kappa shape index (κ1) is 26.3. The predicted molar refractivity (Wildman–Crippen MR) is 142 cm³/mol. The van der Waals surface area contributed by atoms with Crippen LogP contribution in [0.15, 0.2) is 42.5 Å². The van der Waals surface area contributed by atoms with Gasteiger partial charge in [0.2, 0.25) is 0 Å². The number of hydrogen-bond donors (Lipinski definition) is 2. The number of ether oxygens (including phenoxy) is 2. The molecule has 0 spiro atoms. The predicted octanol–water partition coefficient (Wildman–Crippen LogP) is 5.37. The van der Waals surface area contributed by atoms with Crippen molar-refractivity contribution in [2.24, 2.45) is 7.05 Å². The number of carbonyl (C=O) groups is 2. The van der Waals surface area contributed by atoms with E-state index in [0.29, 0.717) is 48.4 Å². The number of halogens is 2. The van der Waals surface area contributed by atoms with E-state index in [2.05, 4.69) is 27.3 Å². The fourth-order valence-corrected chi connectivity index (χ4v) is 5.36. The Morgan fingerprint density at radius 2 is 1.56 bits per heavy atom. The van der Waals surface area contributed by atoms with Crippen LogP contribution in [0.5, 0.6) is 0 Å². The molecule has 0 aliphatic carbocycles. The van der Waals surface area contributed by atoms with Gasteiger partial charge in [0.15, 0.2) is 11.6 Å². The molecule has 3 heterocycles. The average Bonchev–Trinajstić information content (AvgIpc) is 3.38. The lowest BCUT2D eigenvalue weighted by Crippen LogP contribution is -2.24. The van der Waals surface area contributed by atoms with Crippen molar-refractivity contribution in [2.75, 3.05) is 13.1 Å². The molecule has 0 atom stereocenters. The van der Waals surface area contributed by atoms with E-state index in [0.717, 1.165) is 40.0 Å². The molecule has 39 heavy (non-hydrogen) atoms. The van der Waals surface area contributed by atoms with E-state index in [-0.39, 0.29) is 13.2 Å². The topological polar surface area (TPSA) is 86.5 Å². The first-order valence-electron chi connectivity index (χ1n) is 12.9. The largest absolute Gasteiger partial charge is 0.445 e. The highest BCUT2D eigenvalue weighted by Gasteiger charge is 2.31. The molecule has 0 saturated heterocycles. The van der Waals surface area contributed by atoms with E-state index in [1.807, 2.05) is 23.7 Å². The molecule has 1 aliphatic rings. The summed E-state index contributed by atoms with van der Waals surface area (Å²) in [5.74, 6) is -1.94. The molecule has 8 nitrogen and oxygen atoms in total. The molecule has 0 unspecified atom stereocenters. The summed E-state index contributed by atoms with van der Waals surface area (Å²) >= 11 is 0. The lowest BCUT2D eigenvalue weighted by atomic mass is 9.99. The molecular weight excluding hydrogens is 506 g/mol. The molecular formula is C29H30F2N4O4. The van der Waals surface area contributed by atoms with E-state index in [1.54, 1.807) is 13.8 Å². The minimum atomic E-state index is -0.986. The molecule has 10 heteroatoms. The second kappa shape index (κ2) is 10.8. The maximum Gasteiger partial charge on any atom is 0.407 e. The number of carbonyl (C=O) groups excluding carboxylic acids is 2. The van der Waals surface area contributed by atoms with Gasteiger partial charge in [0.25, 0.3) is 0 Å². The van der Waals surface area contributed by atoms with Gasteiger partial charge in [-0.05, 0) is 43.7 Å². The third-order valence-electron chi connectivity index (χ3n) is 7.12. The smallest absolute Gasteiger partial charge is 0.407 e. The number of benzene rings is 2. The van der Waals surface area contributed by atoms with Gasteiger partial charge in [0.1, 0.15) is 13.2 Å². The zero-order valence-corrected chi connectivity index (χ0v) is 22.1. The lowest BCUT2D eigenvalue weighted by molar-refractivity contribution is 0.132. The Labute approximate surface area is 224 Å². The summed E-state index contributed by atoms with van der Waals surface area (Å²) in [6, 6.07) is 11.8. The quantitative estimate of drug-likeness (QED) is 0.293. The van der Waals surface area contributed by atoms with Crippen molar-refractivity contribution >= 4 is 23.1 Å². The third kappa shape index (κ3) is 4.82. The van der Waals surface area contributed by atoms with Crippen LogP contribution < -0.4 is 10.6 Å². The average molecular weight is 537 g/mol. The maximum absolute atomic E-state index is 14.5. The molecule has 204 valence electrons. The Bertz CT molecular complexity index is 1570. The molecule has 2 aromatic carbocycles. The number of hydrogen-bond acceptors (Lipinski definition) is 4. The van der Waals surface area contributed by atoms with Crippen molar-refractivity contribution in [1.82, 2.24) is 19.8 Å². The lowest BCUT2D eigenvalue weighted by Gasteiger charge is -2.22. The SMILES string of the molecule is CCNC(=O)OCc1c(COC(=O)NCC)c(-c2ccc(F)c(F)c2)n2c1Cc1c(n(C)c3ccccc13)C2. The molecule has 2 N–H and O–H groups in total. The first-order chi connectivity index (χ1) is 18.8. The van der Waals surface area contributed by atoms with E-state index in [9.17, 15) is 18.4 Å². The normalized spacial score (nSPS) is 12.1. The number of aryl methyl sites for hydroxylation is 1. The molecule has 2 amide bonds. The molecule has 2 aromatic heterocycles. The highest BCUT2D eigenvalue weighted by molar-refractivity contribution is 5.86. The van der Waals surface area contributed by atoms with Gasteiger partial charge in [-0.3, -0.25) is 0 Å². The molecule has 0 bridgehead atoms. The van der Waals surface area contributed by atoms with Gasteiger partial charge >= 0.3 is 12.2 Å². The molecule has 1 aliphatic heterocycles. The number of fused-ring (bicyclic) bond motifs is 4. The molecule has 4 aromatic rings. The minimum absolute atomic E-state index is 0.0843. The van der Waals surface area contributed by atoms with Crippen molar-refractivity contribution in [1.29, 1.82) is 0 Å². The Kier molecular flexibility index (Phi) is 7.28. The summed E-state index contributed by atoms with van der Waals surface area (Å²) < 4.78 is 43.6. The minimum Gasteiger partial charge on any atom is -0.445 e. The van der Waals surface area contributed by atoms with Crippen molar-refractivity contribution in [3.8, 4) is 11.3 Å². The van der Waals surface area contributed by atoms with E-state index >= 15 is 0 Å². The van der Waals surface area contributed by atoms with Gasteiger partial charge in [-0.1, -0.05) is 18.2 Å². The van der Waals surface area contributed by atoms with Gasteiger partial charge < -0.3 is 29.2 Å². The fraction of sp³-hybridized carbons (Fsp3) is 0.310. The van der Waals surface area contributed by atoms with Crippen LogP contribution in [0.1, 0.15) is 41.9 Å². The zero-order valence-electron chi connectivity index (χ0n) is 22.1. The van der Waals surface area contributed by atoms with Crippen LogP contribution >= 0.6 is 0 Å². The number of aromatic nitrogens is 2. The van der Waals surface area contributed by atoms with Gasteiger partial charge in [-0.25, -0.2) is 18.4 Å². The van der Waals surface area contributed by atoms with Crippen molar-refractivity contribution in [3.05, 3.63) is 82.2 Å². The monoisotopic (exact) mass is 536 g/mol. The number of amides is 2. The molecule has 0 saturated carbocycles. The van der Waals surface area contributed by atoms with Gasteiger partial charge in [-0.15, -0.1) is 0 Å². The highest BCUT2D eigenvalue weighted by Crippen LogP contribution is 2.41. The van der Waals surface area contributed by atoms with Gasteiger partial charge in [-0.2, -0.15) is 0 Å². The van der Waals surface area contributed by atoms with Crippen LogP contribution in [0.2, 0.25) is 0 Å². The number of alkyl carbamates (subject to hydrolysis) is 2. The zero-order chi connectivity index (χ0) is 27.7. The van der Waals surface area contributed by atoms with Crippen molar-refractivity contribution < 1.29 is 27.8 Å². The van der Waals surface area contributed by atoms with Crippen LogP contribution in [0.3, 0.4) is 0 Å². The first-order valence-corrected chi connectivity index (χ1v) is 12.9. The third-order valence-corrected chi connectivity index (χ3v) is 7.12. The van der Waals surface area contributed by atoms with Crippen molar-refractivity contribution in [2.45, 2.75) is 40.0 Å². The van der Waals surface area contributed by atoms with Crippen LogP contribution in [-0.2, 0) is 42.7 Å².